The van der Waals surface area contributed by atoms with Crippen LogP contribution in [0.4, 0.5) is 4.79 Å². The molecule has 2 rings (SSSR count). The zero-order chi connectivity index (χ0) is 19.7. The van der Waals surface area contributed by atoms with E-state index in [2.05, 4.69) is 26.2 Å². The molecule has 0 aliphatic heterocycles. The lowest BCUT2D eigenvalue weighted by Gasteiger charge is -2.30. The van der Waals surface area contributed by atoms with Crippen LogP contribution in [-0.4, -0.2) is 34.6 Å². The van der Waals surface area contributed by atoms with Gasteiger partial charge >= 0.3 is 6.09 Å². The smallest absolute Gasteiger partial charge is 0.404 e. The van der Waals surface area contributed by atoms with E-state index in [0.717, 1.165) is 5.56 Å². The first kappa shape index (κ1) is 20.4. The Hall–Kier alpha value is -1.87. The first-order valence-electron chi connectivity index (χ1n) is 7.96. The van der Waals surface area contributed by atoms with Crippen LogP contribution < -0.4 is 5.32 Å². The van der Waals surface area contributed by atoms with Gasteiger partial charge in [0.1, 0.15) is 9.50 Å². The van der Waals surface area contributed by atoms with Crippen LogP contribution in [0.2, 0.25) is 0 Å². The number of carbonyl (C=O) groups is 1. The number of carboxylic acid groups (broad SMARTS) is 1. The SMILES string of the molecule is Cc1c(CC(NC(=O)O)C(C)(C)C)cc(Br)n1S(=O)(=O)c1cccnc1. The first-order chi connectivity index (χ1) is 11.9. The highest BCUT2D eigenvalue weighted by molar-refractivity contribution is 9.10. The Bertz CT molecular complexity index is 902. The van der Waals surface area contributed by atoms with Crippen LogP contribution in [0, 0.1) is 12.3 Å². The fraction of sp³-hybridized carbons (Fsp3) is 0.412. The van der Waals surface area contributed by atoms with Crippen molar-refractivity contribution in [3.05, 3.63) is 46.5 Å². The molecule has 0 aromatic carbocycles. The van der Waals surface area contributed by atoms with E-state index in [4.69, 9.17) is 5.11 Å². The van der Waals surface area contributed by atoms with Gasteiger partial charge in [-0.2, -0.15) is 0 Å². The second kappa shape index (κ2) is 7.40. The highest BCUT2D eigenvalue weighted by Crippen LogP contribution is 2.30. The maximum atomic E-state index is 12.9. The Morgan fingerprint density at radius 3 is 2.58 bits per heavy atom. The van der Waals surface area contributed by atoms with E-state index in [1.807, 2.05) is 20.8 Å². The summed E-state index contributed by atoms with van der Waals surface area (Å²) < 4.78 is 27.5. The summed E-state index contributed by atoms with van der Waals surface area (Å²) in [5.41, 5.74) is 0.946. The van der Waals surface area contributed by atoms with Crippen LogP contribution in [0.1, 0.15) is 32.0 Å². The molecule has 26 heavy (non-hydrogen) atoms. The third-order valence-electron chi connectivity index (χ3n) is 4.20. The highest BCUT2D eigenvalue weighted by atomic mass is 79.9. The second-order valence-corrected chi connectivity index (χ2v) is 9.71. The fourth-order valence-corrected chi connectivity index (χ4v) is 5.18. The molecule has 0 saturated heterocycles. The molecule has 2 aromatic rings. The van der Waals surface area contributed by atoms with Crippen LogP contribution in [0.25, 0.3) is 0 Å². The molecule has 0 spiro atoms. The molecule has 0 saturated carbocycles. The van der Waals surface area contributed by atoms with Crippen LogP contribution in [-0.2, 0) is 16.4 Å². The summed E-state index contributed by atoms with van der Waals surface area (Å²) in [6.45, 7) is 7.50. The predicted molar refractivity (Wildman–Crippen MR) is 102 cm³/mol. The highest BCUT2D eigenvalue weighted by Gasteiger charge is 2.30. The summed E-state index contributed by atoms with van der Waals surface area (Å²) in [6, 6.07) is 4.39. The van der Waals surface area contributed by atoms with E-state index >= 15 is 0 Å². The van der Waals surface area contributed by atoms with E-state index in [9.17, 15) is 13.2 Å². The molecular weight excluding hydrogens is 422 g/mol. The van der Waals surface area contributed by atoms with Crippen molar-refractivity contribution in [1.82, 2.24) is 14.3 Å². The normalized spacial score (nSPS) is 13.4. The molecule has 0 aliphatic rings. The van der Waals surface area contributed by atoms with Crippen LogP contribution in [0.15, 0.2) is 40.1 Å². The Morgan fingerprint density at radius 2 is 2.08 bits per heavy atom. The Morgan fingerprint density at radius 1 is 1.42 bits per heavy atom. The number of hydrogen-bond acceptors (Lipinski definition) is 4. The zero-order valence-corrected chi connectivity index (χ0v) is 17.4. The first-order valence-corrected chi connectivity index (χ1v) is 10.2. The topological polar surface area (TPSA) is 101 Å². The molecule has 2 aromatic heterocycles. The minimum atomic E-state index is -3.80. The number of nitrogens with zero attached hydrogens (tertiary/aromatic N) is 2. The second-order valence-electron chi connectivity index (χ2n) is 7.11. The molecule has 1 atom stereocenters. The lowest BCUT2D eigenvalue weighted by atomic mass is 9.83. The summed E-state index contributed by atoms with van der Waals surface area (Å²) >= 11 is 3.32. The molecule has 7 nitrogen and oxygen atoms in total. The van der Waals surface area contributed by atoms with Gasteiger partial charge in [0.2, 0.25) is 0 Å². The summed E-state index contributed by atoms with van der Waals surface area (Å²) in [7, 11) is -3.80. The van der Waals surface area contributed by atoms with Crippen molar-refractivity contribution in [1.29, 1.82) is 0 Å². The van der Waals surface area contributed by atoms with Crippen molar-refractivity contribution in [3.8, 4) is 0 Å². The van der Waals surface area contributed by atoms with Gasteiger partial charge < -0.3 is 10.4 Å². The molecule has 0 radical (unpaired) electrons. The molecule has 1 unspecified atom stereocenters. The number of amides is 1. The summed E-state index contributed by atoms with van der Waals surface area (Å²) in [6.07, 6.45) is 2.07. The predicted octanol–water partition coefficient (Wildman–Crippen LogP) is 3.42. The van der Waals surface area contributed by atoms with Crippen molar-refractivity contribution >= 4 is 32.0 Å². The molecule has 2 heterocycles. The van der Waals surface area contributed by atoms with Gasteiger partial charge in [-0.3, -0.25) is 4.98 Å². The Balaban J connectivity index is 2.46. The molecule has 2 N–H and O–H groups in total. The standard InChI is InChI=1S/C17H22BrN3O4S/c1-11-12(8-14(17(2,3)4)20-16(22)23)9-15(18)21(11)26(24,25)13-6-5-7-19-10-13/h5-7,9-10,14,20H,8H2,1-4H3,(H,22,23). The summed E-state index contributed by atoms with van der Waals surface area (Å²) in [4.78, 5) is 15.1. The molecule has 1 amide bonds. The number of hydrogen-bond donors (Lipinski definition) is 2. The van der Waals surface area contributed by atoms with Gasteiger partial charge in [-0.15, -0.1) is 0 Å². The van der Waals surface area contributed by atoms with Gasteiger partial charge in [0.15, 0.2) is 0 Å². The largest absolute Gasteiger partial charge is 0.465 e. The molecule has 9 heteroatoms. The van der Waals surface area contributed by atoms with Crippen molar-refractivity contribution in [2.75, 3.05) is 0 Å². The van der Waals surface area contributed by atoms with Crippen molar-refractivity contribution in [2.45, 2.75) is 45.1 Å². The minimum Gasteiger partial charge on any atom is -0.465 e. The van der Waals surface area contributed by atoms with Gasteiger partial charge in [0, 0.05) is 24.1 Å². The number of aromatic nitrogens is 2. The van der Waals surface area contributed by atoms with E-state index < -0.39 is 16.1 Å². The number of rotatable bonds is 5. The molecular formula is C17H22BrN3O4S. The van der Waals surface area contributed by atoms with Gasteiger partial charge in [-0.1, -0.05) is 20.8 Å². The third-order valence-corrected chi connectivity index (χ3v) is 6.80. The fourth-order valence-electron chi connectivity index (χ4n) is 2.65. The molecule has 0 fully saturated rings. The van der Waals surface area contributed by atoms with Crippen LogP contribution in [0.3, 0.4) is 0 Å². The average Bonchev–Trinajstić information content (AvgIpc) is 2.81. The van der Waals surface area contributed by atoms with Crippen LogP contribution >= 0.6 is 15.9 Å². The van der Waals surface area contributed by atoms with E-state index in [1.165, 1.54) is 22.4 Å². The number of pyridine rings is 1. The van der Waals surface area contributed by atoms with Crippen molar-refractivity contribution in [3.63, 3.8) is 0 Å². The summed E-state index contributed by atoms with van der Waals surface area (Å²) in [5.74, 6) is 0. The third kappa shape index (κ3) is 4.27. The average molecular weight is 444 g/mol. The zero-order valence-electron chi connectivity index (χ0n) is 15.0. The van der Waals surface area contributed by atoms with E-state index in [1.54, 1.807) is 19.1 Å². The minimum absolute atomic E-state index is 0.0852. The van der Waals surface area contributed by atoms with Gasteiger partial charge in [-0.05, 0) is 58.5 Å². The molecule has 142 valence electrons. The summed E-state index contributed by atoms with van der Waals surface area (Å²) in [5, 5.41) is 11.6. The quantitative estimate of drug-likeness (QED) is 0.736. The van der Waals surface area contributed by atoms with Gasteiger partial charge in [0.25, 0.3) is 10.0 Å². The van der Waals surface area contributed by atoms with E-state index in [0.29, 0.717) is 16.7 Å². The Kier molecular flexibility index (Phi) is 5.82. The van der Waals surface area contributed by atoms with Gasteiger partial charge in [0.05, 0.1) is 0 Å². The molecule has 0 aliphatic carbocycles. The lowest BCUT2D eigenvalue weighted by Crippen LogP contribution is -2.44. The van der Waals surface area contributed by atoms with Crippen molar-refractivity contribution < 1.29 is 18.3 Å². The maximum absolute atomic E-state index is 12.9. The lowest BCUT2D eigenvalue weighted by molar-refractivity contribution is 0.174. The van der Waals surface area contributed by atoms with Crippen LogP contribution in [0.5, 0.6) is 0 Å². The van der Waals surface area contributed by atoms with E-state index in [-0.39, 0.29) is 16.4 Å². The van der Waals surface area contributed by atoms with Gasteiger partial charge in [-0.25, -0.2) is 17.2 Å². The maximum Gasteiger partial charge on any atom is 0.404 e. The molecule has 0 bridgehead atoms. The monoisotopic (exact) mass is 443 g/mol. The van der Waals surface area contributed by atoms with Crippen molar-refractivity contribution in [2.24, 2.45) is 5.41 Å². The number of nitrogens with one attached hydrogen (secondary N) is 1. The Labute approximate surface area is 161 Å². The number of halogens is 1.